The average molecular weight is 222 g/mol. The Bertz CT molecular complexity index is 518. The van der Waals surface area contributed by atoms with Crippen LogP contribution in [0.25, 0.3) is 0 Å². The minimum Gasteiger partial charge on any atom is -0.370 e. The number of nitrogens with one attached hydrogen (secondary N) is 1. The second kappa shape index (κ2) is 5.72. The van der Waals surface area contributed by atoms with Gasteiger partial charge in [0.05, 0.1) is 0 Å². The maximum atomic E-state index is 4.27. The first-order valence-electron chi connectivity index (χ1n) is 5.65. The Labute approximate surface area is 102 Å². The van der Waals surface area contributed by atoms with Crippen LogP contribution >= 0.6 is 0 Å². The quantitative estimate of drug-likeness (QED) is 0.790. The highest BCUT2D eigenvalue weighted by Gasteiger charge is 1.91. The zero-order valence-corrected chi connectivity index (χ0v) is 9.77. The number of anilines is 1. The Kier molecular flexibility index (Phi) is 3.77. The smallest absolute Gasteiger partial charge is 0.125 e. The van der Waals surface area contributed by atoms with Crippen LogP contribution in [0.5, 0.6) is 0 Å². The van der Waals surface area contributed by atoms with Crippen molar-refractivity contribution in [3.8, 4) is 11.8 Å². The predicted molar refractivity (Wildman–Crippen MR) is 70.8 cm³/mol. The predicted octanol–water partition coefficient (Wildman–Crippen LogP) is 2.91. The molecule has 2 aromatic rings. The Morgan fingerprint density at radius 2 is 1.76 bits per heavy atom. The first-order valence-corrected chi connectivity index (χ1v) is 5.65. The summed E-state index contributed by atoms with van der Waals surface area (Å²) in [5, 5.41) is 3.15. The molecule has 2 heteroatoms. The molecule has 0 fully saturated rings. The minimum absolute atomic E-state index is 0.877. The molecular formula is C15H14N2. The van der Waals surface area contributed by atoms with Crippen molar-refractivity contribution in [2.24, 2.45) is 0 Å². The Morgan fingerprint density at radius 1 is 1.00 bits per heavy atom. The van der Waals surface area contributed by atoms with E-state index in [2.05, 4.69) is 22.1 Å². The summed E-state index contributed by atoms with van der Waals surface area (Å²) in [5.41, 5.74) is 1.94. The first kappa shape index (κ1) is 11.2. The van der Waals surface area contributed by atoms with Gasteiger partial charge < -0.3 is 5.32 Å². The van der Waals surface area contributed by atoms with Crippen molar-refractivity contribution in [2.75, 3.05) is 11.9 Å². The van der Waals surface area contributed by atoms with Crippen molar-refractivity contribution in [1.29, 1.82) is 0 Å². The van der Waals surface area contributed by atoms with Gasteiger partial charge in [0.15, 0.2) is 0 Å². The van der Waals surface area contributed by atoms with E-state index >= 15 is 0 Å². The summed E-state index contributed by atoms with van der Waals surface area (Å²) in [6, 6.07) is 13.9. The standard InChI is InChI=1S/C15H14N2/c1-2-16-15-11-10-14(12-17-15)9-8-13-6-4-3-5-7-13/h3-7,10-12H,2H2,1H3,(H,16,17). The van der Waals surface area contributed by atoms with Gasteiger partial charge in [0.1, 0.15) is 5.82 Å². The molecule has 1 aromatic heterocycles. The van der Waals surface area contributed by atoms with Crippen LogP contribution in [0.15, 0.2) is 48.7 Å². The number of aromatic nitrogens is 1. The number of benzene rings is 1. The maximum Gasteiger partial charge on any atom is 0.125 e. The van der Waals surface area contributed by atoms with E-state index in [1.807, 2.05) is 49.4 Å². The van der Waals surface area contributed by atoms with E-state index < -0.39 is 0 Å². The summed E-state index contributed by atoms with van der Waals surface area (Å²) in [5.74, 6) is 7.08. The van der Waals surface area contributed by atoms with Crippen molar-refractivity contribution >= 4 is 5.82 Å². The van der Waals surface area contributed by atoms with Gasteiger partial charge in [0.2, 0.25) is 0 Å². The molecule has 1 N–H and O–H groups in total. The Balaban J connectivity index is 2.12. The highest BCUT2D eigenvalue weighted by Crippen LogP contribution is 2.04. The highest BCUT2D eigenvalue weighted by atomic mass is 15.0. The summed E-state index contributed by atoms with van der Waals surface area (Å²) in [6.45, 7) is 2.92. The van der Waals surface area contributed by atoms with E-state index in [9.17, 15) is 0 Å². The van der Waals surface area contributed by atoms with Crippen molar-refractivity contribution in [3.63, 3.8) is 0 Å². The van der Waals surface area contributed by atoms with Crippen molar-refractivity contribution < 1.29 is 0 Å². The molecule has 0 aliphatic rings. The molecule has 84 valence electrons. The fourth-order valence-corrected chi connectivity index (χ4v) is 1.42. The number of rotatable bonds is 2. The molecule has 2 rings (SSSR count). The zero-order chi connectivity index (χ0) is 11.9. The summed E-state index contributed by atoms with van der Waals surface area (Å²) in [6.07, 6.45) is 1.79. The lowest BCUT2D eigenvalue weighted by atomic mass is 10.2. The van der Waals surface area contributed by atoms with Gasteiger partial charge in [-0.15, -0.1) is 0 Å². The average Bonchev–Trinajstić information content (AvgIpc) is 2.40. The van der Waals surface area contributed by atoms with Crippen molar-refractivity contribution in [1.82, 2.24) is 4.98 Å². The van der Waals surface area contributed by atoms with E-state index in [-0.39, 0.29) is 0 Å². The summed E-state index contributed by atoms with van der Waals surface area (Å²) < 4.78 is 0. The second-order valence-corrected chi connectivity index (χ2v) is 3.58. The third-order valence-corrected chi connectivity index (χ3v) is 2.25. The number of nitrogens with zero attached hydrogens (tertiary/aromatic N) is 1. The van der Waals surface area contributed by atoms with E-state index in [0.29, 0.717) is 0 Å². The normalized spacial score (nSPS) is 9.24. The molecule has 0 aliphatic heterocycles. The van der Waals surface area contributed by atoms with Gasteiger partial charge in [-0.2, -0.15) is 0 Å². The van der Waals surface area contributed by atoms with Gasteiger partial charge in [-0.3, -0.25) is 0 Å². The topological polar surface area (TPSA) is 24.9 Å². The van der Waals surface area contributed by atoms with E-state index in [0.717, 1.165) is 23.5 Å². The molecule has 0 unspecified atom stereocenters. The lowest BCUT2D eigenvalue weighted by Gasteiger charge is -2.00. The van der Waals surface area contributed by atoms with Gasteiger partial charge in [0, 0.05) is 23.9 Å². The van der Waals surface area contributed by atoms with Crippen LogP contribution in [0.4, 0.5) is 5.82 Å². The van der Waals surface area contributed by atoms with Crippen LogP contribution in [0.1, 0.15) is 18.1 Å². The van der Waals surface area contributed by atoms with Crippen molar-refractivity contribution in [3.05, 3.63) is 59.8 Å². The monoisotopic (exact) mass is 222 g/mol. The van der Waals surface area contributed by atoms with Crippen molar-refractivity contribution in [2.45, 2.75) is 6.92 Å². The summed E-state index contributed by atoms with van der Waals surface area (Å²) in [4.78, 5) is 4.27. The lowest BCUT2D eigenvalue weighted by molar-refractivity contribution is 1.16. The van der Waals surface area contributed by atoms with Crippen LogP contribution < -0.4 is 5.32 Å². The molecule has 2 nitrogen and oxygen atoms in total. The zero-order valence-electron chi connectivity index (χ0n) is 9.77. The third-order valence-electron chi connectivity index (χ3n) is 2.25. The van der Waals surface area contributed by atoms with Crippen LogP contribution in [-0.4, -0.2) is 11.5 Å². The number of hydrogen-bond acceptors (Lipinski definition) is 2. The van der Waals surface area contributed by atoms with Gasteiger partial charge in [-0.1, -0.05) is 30.0 Å². The SMILES string of the molecule is CCNc1ccc(C#Cc2ccccc2)cn1. The van der Waals surface area contributed by atoms with Crippen LogP contribution in [0.2, 0.25) is 0 Å². The molecule has 1 aromatic carbocycles. The molecular weight excluding hydrogens is 208 g/mol. The van der Waals surface area contributed by atoms with Gasteiger partial charge >= 0.3 is 0 Å². The van der Waals surface area contributed by atoms with Gasteiger partial charge in [-0.25, -0.2) is 4.98 Å². The molecule has 0 saturated heterocycles. The van der Waals surface area contributed by atoms with Gasteiger partial charge in [-0.05, 0) is 31.2 Å². The Hall–Kier alpha value is -2.27. The molecule has 0 spiro atoms. The van der Waals surface area contributed by atoms with E-state index in [4.69, 9.17) is 0 Å². The summed E-state index contributed by atoms with van der Waals surface area (Å²) in [7, 11) is 0. The third kappa shape index (κ3) is 3.35. The number of pyridine rings is 1. The molecule has 17 heavy (non-hydrogen) atoms. The Morgan fingerprint density at radius 3 is 2.41 bits per heavy atom. The highest BCUT2D eigenvalue weighted by molar-refractivity contribution is 5.44. The first-order chi connectivity index (χ1) is 8.38. The van der Waals surface area contributed by atoms with E-state index in [1.165, 1.54) is 0 Å². The molecule has 0 amide bonds. The van der Waals surface area contributed by atoms with Gasteiger partial charge in [0.25, 0.3) is 0 Å². The molecule has 0 aliphatic carbocycles. The molecule has 0 saturated carbocycles. The fourth-order valence-electron chi connectivity index (χ4n) is 1.42. The van der Waals surface area contributed by atoms with E-state index in [1.54, 1.807) is 6.20 Å². The van der Waals surface area contributed by atoms with Crippen LogP contribution in [0.3, 0.4) is 0 Å². The molecule has 0 bridgehead atoms. The molecule has 0 radical (unpaired) electrons. The fraction of sp³-hybridized carbons (Fsp3) is 0.133. The molecule has 1 heterocycles. The maximum absolute atomic E-state index is 4.27. The van der Waals surface area contributed by atoms with Crippen LogP contribution in [0, 0.1) is 11.8 Å². The minimum atomic E-state index is 0.877. The largest absolute Gasteiger partial charge is 0.370 e. The second-order valence-electron chi connectivity index (χ2n) is 3.58. The lowest BCUT2D eigenvalue weighted by Crippen LogP contribution is -1.98. The molecule has 0 atom stereocenters. The van der Waals surface area contributed by atoms with Crippen LogP contribution in [-0.2, 0) is 0 Å². The summed E-state index contributed by atoms with van der Waals surface area (Å²) >= 11 is 0. The number of hydrogen-bond donors (Lipinski definition) is 1.